The second-order valence-corrected chi connectivity index (χ2v) is 4.94. The van der Waals surface area contributed by atoms with Gasteiger partial charge in [-0.25, -0.2) is 8.78 Å². The van der Waals surface area contributed by atoms with Crippen LogP contribution in [0, 0.1) is 0 Å². The van der Waals surface area contributed by atoms with E-state index in [1.54, 1.807) is 12.1 Å². The number of thiophene rings is 1. The Labute approximate surface area is 101 Å². The molecule has 0 unspecified atom stereocenters. The average molecular weight is 269 g/mol. The summed E-state index contributed by atoms with van der Waals surface area (Å²) in [7, 11) is 0. The number of ether oxygens (including phenoxy) is 1. The van der Waals surface area contributed by atoms with Gasteiger partial charge in [0.1, 0.15) is 12.4 Å². The van der Waals surface area contributed by atoms with E-state index in [2.05, 4.69) is 4.74 Å². The fourth-order valence-electron chi connectivity index (χ4n) is 1.09. The van der Waals surface area contributed by atoms with E-state index >= 15 is 0 Å². The minimum Gasteiger partial charge on any atom is -0.375 e. The van der Waals surface area contributed by atoms with Crippen LogP contribution in [-0.2, 0) is 16.0 Å². The standard InChI is InChI=1S/C10H11ClF2O2S/c11-9-2-1-8(16-9)5-7(14)3-4-15-6-10(12)13/h1-2,10H,3-6H2. The number of halogens is 3. The molecule has 1 aromatic heterocycles. The van der Waals surface area contributed by atoms with E-state index in [9.17, 15) is 13.6 Å². The SMILES string of the molecule is O=C(CCOCC(F)F)Cc1ccc(Cl)s1. The van der Waals surface area contributed by atoms with Gasteiger partial charge >= 0.3 is 0 Å². The molecule has 2 nitrogen and oxygen atoms in total. The zero-order chi connectivity index (χ0) is 12.0. The highest BCUT2D eigenvalue weighted by molar-refractivity contribution is 7.16. The largest absolute Gasteiger partial charge is 0.375 e. The third-order valence-corrected chi connectivity index (χ3v) is 3.00. The summed E-state index contributed by atoms with van der Waals surface area (Å²) < 4.78 is 28.6. The monoisotopic (exact) mass is 268 g/mol. The highest BCUT2D eigenvalue weighted by Gasteiger charge is 2.07. The number of alkyl halides is 2. The van der Waals surface area contributed by atoms with Crippen LogP contribution >= 0.6 is 22.9 Å². The van der Waals surface area contributed by atoms with Gasteiger partial charge in [-0.2, -0.15) is 0 Å². The van der Waals surface area contributed by atoms with Crippen molar-refractivity contribution in [3.8, 4) is 0 Å². The van der Waals surface area contributed by atoms with Crippen LogP contribution in [0.2, 0.25) is 4.34 Å². The van der Waals surface area contributed by atoms with Gasteiger partial charge in [0, 0.05) is 17.7 Å². The van der Waals surface area contributed by atoms with Crippen LogP contribution in [0.25, 0.3) is 0 Å². The highest BCUT2D eigenvalue weighted by Crippen LogP contribution is 2.22. The van der Waals surface area contributed by atoms with Crippen LogP contribution in [0.15, 0.2) is 12.1 Å². The second kappa shape index (κ2) is 6.93. The summed E-state index contributed by atoms with van der Waals surface area (Å²) in [6.07, 6.45) is -2.04. The van der Waals surface area contributed by atoms with E-state index in [-0.39, 0.29) is 25.2 Å². The molecule has 1 rings (SSSR count). The molecule has 0 amide bonds. The zero-order valence-corrected chi connectivity index (χ0v) is 9.99. The lowest BCUT2D eigenvalue weighted by molar-refractivity contribution is -0.119. The fourth-order valence-corrected chi connectivity index (χ4v) is 2.20. The Bertz CT molecular complexity index is 341. The minimum absolute atomic E-state index is 0.0345. The summed E-state index contributed by atoms with van der Waals surface area (Å²) >= 11 is 7.05. The summed E-state index contributed by atoms with van der Waals surface area (Å²) in [5.41, 5.74) is 0. The number of carbonyl (C=O) groups excluding carboxylic acids is 1. The maximum Gasteiger partial charge on any atom is 0.261 e. The molecule has 16 heavy (non-hydrogen) atoms. The third kappa shape index (κ3) is 5.53. The normalized spacial score (nSPS) is 11.0. The summed E-state index contributed by atoms with van der Waals surface area (Å²) in [5.74, 6) is -0.0345. The number of rotatable bonds is 7. The number of Topliss-reactive ketones (excluding diaryl/α,β-unsaturated/α-hetero) is 1. The van der Waals surface area contributed by atoms with E-state index in [1.165, 1.54) is 11.3 Å². The maximum absolute atomic E-state index is 11.7. The Morgan fingerprint density at radius 3 is 2.81 bits per heavy atom. The van der Waals surface area contributed by atoms with Crippen molar-refractivity contribution in [2.45, 2.75) is 19.3 Å². The first-order valence-electron chi connectivity index (χ1n) is 4.69. The summed E-state index contributed by atoms with van der Waals surface area (Å²) in [5, 5.41) is 0. The van der Waals surface area contributed by atoms with Crippen LogP contribution in [-0.4, -0.2) is 25.4 Å². The smallest absolute Gasteiger partial charge is 0.261 e. The van der Waals surface area contributed by atoms with Gasteiger partial charge in [-0.3, -0.25) is 4.79 Å². The number of ketones is 1. The molecule has 0 N–H and O–H groups in total. The number of hydrogen-bond donors (Lipinski definition) is 0. The predicted molar refractivity (Wildman–Crippen MR) is 59.5 cm³/mol. The predicted octanol–water partition coefficient (Wildman–Crippen LogP) is 3.18. The van der Waals surface area contributed by atoms with Crippen molar-refractivity contribution in [3.63, 3.8) is 0 Å². The van der Waals surface area contributed by atoms with E-state index < -0.39 is 13.0 Å². The van der Waals surface area contributed by atoms with Gasteiger partial charge in [-0.05, 0) is 12.1 Å². The summed E-state index contributed by atoms with van der Waals surface area (Å²) in [6, 6.07) is 3.51. The van der Waals surface area contributed by atoms with Gasteiger partial charge in [0.2, 0.25) is 0 Å². The number of carbonyl (C=O) groups is 1. The van der Waals surface area contributed by atoms with Gasteiger partial charge < -0.3 is 4.74 Å². The second-order valence-electron chi connectivity index (χ2n) is 3.14. The minimum atomic E-state index is -2.48. The Hall–Kier alpha value is -0.520. The Balaban J connectivity index is 2.16. The molecule has 6 heteroatoms. The number of hydrogen-bond acceptors (Lipinski definition) is 3. The lowest BCUT2D eigenvalue weighted by atomic mass is 10.2. The van der Waals surface area contributed by atoms with Gasteiger partial charge in [0.05, 0.1) is 10.9 Å². The Morgan fingerprint density at radius 2 is 2.25 bits per heavy atom. The molecular formula is C10H11ClF2O2S. The van der Waals surface area contributed by atoms with Crippen LogP contribution < -0.4 is 0 Å². The van der Waals surface area contributed by atoms with Crippen molar-refractivity contribution in [2.24, 2.45) is 0 Å². The Kier molecular flexibility index (Phi) is 5.87. The third-order valence-electron chi connectivity index (χ3n) is 1.77. The van der Waals surface area contributed by atoms with Crippen molar-refractivity contribution < 1.29 is 18.3 Å². The van der Waals surface area contributed by atoms with E-state index in [1.807, 2.05) is 0 Å². The van der Waals surface area contributed by atoms with Crippen LogP contribution in [0.4, 0.5) is 8.78 Å². The quantitative estimate of drug-likeness (QED) is 0.710. The molecule has 0 aromatic carbocycles. The molecule has 90 valence electrons. The molecule has 0 aliphatic rings. The molecule has 0 fully saturated rings. The molecule has 0 aliphatic carbocycles. The van der Waals surface area contributed by atoms with Crippen molar-refractivity contribution in [2.75, 3.05) is 13.2 Å². The van der Waals surface area contributed by atoms with Crippen molar-refractivity contribution >= 4 is 28.7 Å². The molecule has 1 heterocycles. The Morgan fingerprint density at radius 1 is 1.50 bits per heavy atom. The maximum atomic E-state index is 11.7. The van der Waals surface area contributed by atoms with Crippen LogP contribution in [0.5, 0.6) is 0 Å². The lowest BCUT2D eigenvalue weighted by Gasteiger charge is -2.02. The van der Waals surface area contributed by atoms with Crippen molar-refractivity contribution in [1.29, 1.82) is 0 Å². The average Bonchev–Trinajstić information content (AvgIpc) is 2.58. The molecule has 0 atom stereocenters. The molecular weight excluding hydrogens is 258 g/mol. The summed E-state index contributed by atoms with van der Waals surface area (Å²) in [6.45, 7) is -0.569. The van der Waals surface area contributed by atoms with Gasteiger partial charge in [0.25, 0.3) is 6.43 Å². The first-order chi connectivity index (χ1) is 7.58. The molecule has 0 aliphatic heterocycles. The fraction of sp³-hybridized carbons (Fsp3) is 0.500. The van der Waals surface area contributed by atoms with Crippen LogP contribution in [0.3, 0.4) is 0 Å². The molecule has 0 bridgehead atoms. The molecule has 0 spiro atoms. The van der Waals surface area contributed by atoms with E-state index in [0.717, 1.165) is 4.88 Å². The topological polar surface area (TPSA) is 26.3 Å². The molecule has 0 radical (unpaired) electrons. The van der Waals surface area contributed by atoms with Gasteiger partial charge in [-0.1, -0.05) is 11.6 Å². The zero-order valence-electron chi connectivity index (χ0n) is 8.42. The van der Waals surface area contributed by atoms with Crippen molar-refractivity contribution in [1.82, 2.24) is 0 Å². The summed E-state index contributed by atoms with van der Waals surface area (Å²) in [4.78, 5) is 12.2. The molecule has 1 aromatic rings. The first kappa shape index (κ1) is 13.5. The van der Waals surface area contributed by atoms with E-state index in [4.69, 9.17) is 11.6 Å². The van der Waals surface area contributed by atoms with Gasteiger partial charge in [-0.15, -0.1) is 11.3 Å². The molecule has 0 saturated heterocycles. The lowest BCUT2D eigenvalue weighted by Crippen LogP contribution is -2.10. The van der Waals surface area contributed by atoms with Crippen molar-refractivity contribution in [3.05, 3.63) is 21.3 Å². The van der Waals surface area contributed by atoms with Crippen LogP contribution in [0.1, 0.15) is 11.3 Å². The molecule has 0 saturated carbocycles. The van der Waals surface area contributed by atoms with Gasteiger partial charge in [0.15, 0.2) is 0 Å². The van der Waals surface area contributed by atoms with E-state index in [0.29, 0.717) is 4.34 Å². The highest BCUT2D eigenvalue weighted by atomic mass is 35.5. The first-order valence-corrected chi connectivity index (χ1v) is 5.89.